The summed E-state index contributed by atoms with van der Waals surface area (Å²) in [5.41, 5.74) is 0. The Morgan fingerprint density at radius 2 is 1.02 bits per heavy atom. The van der Waals surface area contributed by atoms with Gasteiger partial charge in [-0.15, -0.1) is 0 Å². The molecule has 0 aliphatic heterocycles. The van der Waals surface area contributed by atoms with Crippen LogP contribution in [0.3, 0.4) is 0 Å². The van der Waals surface area contributed by atoms with Gasteiger partial charge in [0.05, 0.1) is 0 Å². The predicted octanol–water partition coefficient (Wildman–Crippen LogP) is 10.8. The number of hydrogen-bond donors (Lipinski definition) is 0. The van der Waals surface area contributed by atoms with E-state index in [1.165, 1.54) is 0 Å². The molecule has 0 aliphatic carbocycles. The summed E-state index contributed by atoms with van der Waals surface area (Å²) in [6.45, 7) is 14.1. The summed E-state index contributed by atoms with van der Waals surface area (Å²) >= 11 is 3.29. The third-order valence-electron chi connectivity index (χ3n) is 7.16. The number of halogens is 1. The molecule has 0 spiro atoms. The predicted molar refractivity (Wildman–Crippen MR) is 229 cm³/mol. The summed E-state index contributed by atoms with van der Waals surface area (Å²) in [6.07, 6.45) is 2.73. The van der Waals surface area contributed by atoms with Gasteiger partial charge in [-0.2, -0.15) is 0 Å². The molecular weight excluding hydrogens is 788 g/mol. The maximum absolute atomic E-state index is 11.1. The lowest BCUT2D eigenvalue weighted by Crippen LogP contribution is -2.19. The summed E-state index contributed by atoms with van der Waals surface area (Å²) in [6, 6.07) is 46.1. The largest absolute Gasteiger partial charge is 0.489 e. The molecule has 0 N–H and O–H groups in total. The Kier molecular flexibility index (Phi) is 20.0. The minimum atomic E-state index is -0.652. The number of ether oxygens (including phenoxy) is 6. The van der Waals surface area contributed by atoms with Crippen LogP contribution < -0.4 is 18.9 Å². The molecule has 6 aromatic rings. The Morgan fingerprint density at radius 1 is 0.544 bits per heavy atom. The van der Waals surface area contributed by atoms with Crippen LogP contribution in [0.15, 0.2) is 184 Å². The first-order valence-corrected chi connectivity index (χ1v) is 18.7. The molecule has 294 valence electrons. The quantitative estimate of drug-likeness (QED) is 0.0281. The first-order chi connectivity index (χ1) is 27.6. The Bertz CT molecular complexity index is 2160. The Morgan fingerprint density at radius 3 is 1.56 bits per heavy atom. The highest BCUT2D eigenvalue weighted by Crippen LogP contribution is 2.27. The van der Waals surface area contributed by atoms with E-state index in [2.05, 4.69) is 35.7 Å². The summed E-state index contributed by atoms with van der Waals surface area (Å²) in [7, 11) is 0. The van der Waals surface area contributed by atoms with Crippen molar-refractivity contribution in [3.63, 3.8) is 0 Å². The number of carbonyl (C=O) groups is 3. The smallest absolute Gasteiger partial charge is 0.335 e. The average Bonchev–Trinajstić information content (AvgIpc) is 3.23. The molecule has 0 saturated heterocycles. The van der Waals surface area contributed by atoms with Gasteiger partial charge < -0.3 is 28.4 Å². The zero-order chi connectivity index (χ0) is 41.3. The number of rotatable bonds is 13. The average molecular weight is 834 g/mol. The third kappa shape index (κ3) is 17.1. The zero-order valence-electron chi connectivity index (χ0n) is 31.8. The lowest BCUT2D eigenvalue weighted by molar-refractivity contribution is -0.154. The van der Waals surface area contributed by atoms with Crippen LogP contribution in [0.4, 0.5) is 0 Å². The maximum atomic E-state index is 11.1. The van der Waals surface area contributed by atoms with E-state index in [0.29, 0.717) is 18.1 Å². The van der Waals surface area contributed by atoms with Gasteiger partial charge in [0, 0.05) is 35.9 Å². The van der Waals surface area contributed by atoms with Crippen LogP contribution in [0.1, 0.15) is 13.8 Å². The second-order valence-electron chi connectivity index (χ2n) is 11.4. The van der Waals surface area contributed by atoms with Gasteiger partial charge >= 0.3 is 17.9 Å². The number of hydrogen-bond acceptors (Lipinski definition) is 9. The van der Waals surface area contributed by atoms with Gasteiger partial charge in [-0.1, -0.05) is 129 Å². The molecule has 2 unspecified atom stereocenters. The van der Waals surface area contributed by atoms with Gasteiger partial charge in [-0.3, -0.25) is 0 Å². The van der Waals surface area contributed by atoms with Gasteiger partial charge in [0.25, 0.3) is 0 Å². The lowest BCUT2D eigenvalue weighted by Gasteiger charge is -2.15. The summed E-state index contributed by atoms with van der Waals surface area (Å²) in [5, 5.41) is 4.32. The minimum Gasteiger partial charge on any atom is -0.489 e. The second kappa shape index (κ2) is 25.4. The van der Waals surface area contributed by atoms with Gasteiger partial charge in [-0.05, 0) is 70.0 Å². The van der Waals surface area contributed by atoms with Crippen LogP contribution in [0.2, 0.25) is 0 Å². The van der Waals surface area contributed by atoms with Crippen molar-refractivity contribution in [3.05, 3.63) is 184 Å². The molecule has 0 bridgehead atoms. The fourth-order valence-electron chi connectivity index (χ4n) is 4.72. The van der Waals surface area contributed by atoms with E-state index in [1.807, 2.05) is 128 Å². The van der Waals surface area contributed by atoms with Crippen LogP contribution in [-0.2, 0) is 23.9 Å². The standard InChI is InChI=1S/2C15H14O3.C9H8O2.C8H9BrO/c1-3-15(16)18-11(2)17-14-10-6-8-12-7-4-5-9-13(12)14;1-2-15(16)18-11-10-17-14-9-5-7-12-6-3-4-8-13(12)14;1-2-9(10)11-8-6-4-3-5-7-8;1-7(9)10-8-5-3-2-4-6-8/h3-11H,1H2,2H3;2-9H,1,10-11H2;2-7H,1H2;2-7H,1H3. The molecule has 0 radical (unpaired) electrons. The molecule has 6 aromatic carbocycles. The third-order valence-corrected chi connectivity index (χ3v) is 7.35. The summed E-state index contributed by atoms with van der Waals surface area (Å²) < 4.78 is 31.2. The number of alkyl halides is 1. The van der Waals surface area contributed by atoms with Crippen molar-refractivity contribution in [3.8, 4) is 23.0 Å². The number of esters is 3. The molecule has 0 fully saturated rings. The van der Waals surface area contributed by atoms with E-state index in [-0.39, 0.29) is 11.6 Å². The molecule has 0 aliphatic rings. The van der Waals surface area contributed by atoms with Crippen molar-refractivity contribution >= 4 is 55.4 Å². The van der Waals surface area contributed by atoms with E-state index >= 15 is 0 Å². The van der Waals surface area contributed by atoms with Crippen LogP contribution in [0.5, 0.6) is 23.0 Å². The topological polar surface area (TPSA) is 107 Å². The fraction of sp³-hybridized carbons (Fsp3) is 0.128. The van der Waals surface area contributed by atoms with E-state index in [4.69, 9.17) is 28.4 Å². The molecule has 57 heavy (non-hydrogen) atoms. The first-order valence-electron chi connectivity index (χ1n) is 17.8. The Hall–Kier alpha value is -6.65. The van der Waals surface area contributed by atoms with Crippen LogP contribution in [-0.4, -0.2) is 42.4 Å². The molecule has 9 nitrogen and oxygen atoms in total. The number of para-hydroxylation sites is 2. The van der Waals surface area contributed by atoms with E-state index in [0.717, 1.165) is 51.3 Å². The molecule has 2 atom stereocenters. The molecule has 10 heteroatoms. The Labute approximate surface area is 341 Å². The molecule has 0 aromatic heterocycles. The van der Waals surface area contributed by atoms with Crippen LogP contribution in [0, 0.1) is 0 Å². The van der Waals surface area contributed by atoms with Crippen molar-refractivity contribution in [2.24, 2.45) is 0 Å². The minimum absolute atomic E-state index is 0.0786. The zero-order valence-corrected chi connectivity index (χ0v) is 33.4. The molecule has 0 amide bonds. The number of fused-ring (bicyclic) bond motifs is 2. The monoisotopic (exact) mass is 832 g/mol. The van der Waals surface area contributed by atoms with Crippen molar-refractivity contribution in [1.82, 2.24) is 0 Å². The van der Waals surface area contributed by atoms with Crippen LogP contribution in [0.25, 0.3) is 21.5 Å². The van der Waals surface area contributed by atoms with Crippen LogP contribution >= 0.6 is 15.9 Å². The molecular formula is C47H45BrO9. The lowest BCUT2D eigenvalue weighted by atomic mass is 10.1. The summed E-state index contributed by atoms with van der Waals surface area (Å²) in [5.74, 6) is 1.56. The van der Waals surface area contributed by atoms with Crippen molar-refractivity contribution in [1.29, 1.82) is 0 Å². The highest BCUT2D eigenvalue weighted by Gasteiger charge is 2.10. The number of benzene rings is 6. The highest BCUT2D eigenvalue weighted by molar-refractivity contribution is 9.09. The molecule has 6 rings (SSSR count). The molecule has 0 saturated carbocycles. The SMILES string of the molecule is C=CC(=O)OC(C)Oc1cccc2ccccc12.C=CC(=O)OCCOc1cccc2ccccc12.C=CC(=O)Oc1ccccc1.CC(Br)Oc1ccccc1. The normalized spacial score (nSPS) is 10.8. The highest BCUT2D eigenvalue weighted by atomic mass is 79.9. The number of carbonyl (C=O) groups excluding carboxylic acids is 3. The van der Waals surface area contributed by atoms with Crippen molar-refractivity contribution < 1.29 is 42.8 Å². The van der Waals surface area contributed by atoms with E-state index < -0.39 is 24.2 Å². The first kappa shape index (κ1) is 44.7. The van der Waals surface area contributed by atoms with E-state index in [1.54, 1.807) is 31.2 Å². The van der Waals surface area contributed by atoms with Gasteiger partial charge in [0.2, 0.25) is 6.29 Å². The summed E-state index contributed by atoms with van der Waals surface area (Å²) in [4.78, 5) is 32.5. The van der Waals surface area contributed by atoms with Gasteiger partial charge in [0.15, 0.2) is 5.01 Å². The van der Waals surface area contributed by atoms with Gasteiger partial charge in [0.1, 0.15) is 36.2 Å². The van der Waals surface area contributed by atoms with Crippen molar-refractivity contribution in [2.75, 3.05) is 13.2 Å². The molecule has 0 heterocycles. The maximum Gasteiger partial charge on any atom is 0.335 e. The van der Waals surface area contributed by atoms with Crippen molar-refractivity contribution in [2.45, 2.75) is 25.2 Å². The van der Waals surface area contributed by atoms with E-state index in [9.17, 15) is 14.4 Å². The Balaban J connectivity index is 0.000000210. The fourth-order valence-corrected chi connectivity index (χ4v) is 4.94. The second-order valence-corrected chi connectivity index (χ2v) is 12.7. The van der Waals surface area contributed by atoms with Gasteiger partial charge in [-0.25, -0.2) is 14.4 Å².